The molecule has 2 rings (SSSR count). The smallest absolute Gasteiger partial charge is 0.407 e. The number of thioether (sulfide) groups is 1. The first kappa shape index (κ1) is 28.8. The Morgan fingerprint density at radius 1 is 1.17 bits per heavy atom. The SMILES string of the molecule is CC(C)(C)OC(=O)NCCC#CCOc1ccc(S(=O)(=O)N2CCSC(C)(C)C2(C)C(=O)O)cc1. The summed E-state index contributed by atoms with van der Waals surface area (Å²) in [4.78, 5) is 23.7. The number of sulfonamides is 1. The normalized spacial score (nSPS) is 20.3. The predicted molar refractivity (Wildman–Crippen MR) is 135 cm³/mol. The van der Waals surface area contributed by atoms with Gasteiger partial charge in [-0.2, -0.15) is 16.1 Å². The van der Waals surface area contributed by atoms with Crippen LogP contribution in [0.2, 0.25) is 0 Å². The molecular formula is C24H34N2O7S2. The molecule has 2 N–H and O–H groups in total. The number of ether oxygens (including phenoxy) is 2. The minimum absolute atomic E-state index is 0.000624. The van der Waals surface area contributed by atoms with Crippen molar-refractivity contribution in [1.29, 1.82) is 0 Å². The maximum absolute atomic E-state index is 13.3. The van der Waals surface area contributed by atoms with E-state index in [-0.39, 0.29) is 18.0 Å². The molecule has 1 atom stereocenters. The number of carbonyl (C=O) groups excluding carboxylic acids is 1. The van der Waals surface area contributed by atoms with Crippen molar-refractivity contribution in [2.75, 3.05) is 25.4 Å². The molecule has 0 aliphatic carbocycles. The summed E-state index contributed by atoms with van der Waals surface area (Å²) in [6.07, 6.45) is -0.0757. The van der Waals surface area contributed by atoms with Crippen molar-refractivity contribution >= 4 is 33.8 Å². The van der Waals surface area contributed by atoms with E-state index in [1.165, 1.54) is 43.0 Å². The number of nitrogens with zero attached hydrogens (tertiary/aromatic N) is 1. The maximum Gasteiger partial charge on any atom is 0.407 e. The van der Waals surface area contributed by atoms with Gasteiger partial charge in [0.1, 0.15) is 23.5 Å². The van der Waals surface area contributed by atoms with Crippen LogP contribution < -0.4 is 10.1 Å². The fraction of sp³-hybridized carbons (Fsp3) is 0.583. The van der Waals surface area contributed by atoms with Crippen LogP contribution in [0.5, 0.6) is 5.75 Å². The Morgan fingerprint density at radius 2 is 1.80 bits per heavy atom. The lowest BCUT2D eigenvalue weighted by molar-refractivity contribution is -0.149. The van der Waals surface area contributed by atoms with E-state index >= 15 is 0 Å². The molecule has 1 fully saturated rings. The summed E-state index contributed by atoms with van der Waals surface area (Å²) in [6, 6.07) is 5.83. The van der Waals surface area contributed by atoms with Crippen LogP contribution in [0.25, 0.3) is 0 Å². The average molecular weight is 527 g/mol. The minimum Gasteiger partial charge on any atom is -0.481 e. The largest absolute Gasteiger partial charge is 0.481 e. The highest BCUT2D eigenvalue weighted by molar-refractivity contribution is 8.01. The molecule has 1 aromatic rings. The van der Waals surface area contributed by atoms with Crippen molar-refractivity contribution < 1.29 is 32.6 Å². The second kappa shape index (κ2) is 11.1. The summed E-state index contributed by atoms with van der Waals surface area (Å²) in [6.45, 7) is 10.8. The van der Waals surface area contributed by atoms with Crippen LogP contribution >= 0.6 is 11.8 Å². The molecule has 1 saturated heterocycles. The molecule has 0 spiro atoms. The van der Waals surface area contributed by atoms with E-state index in [0.29, 0.717) is 24.5 Å². The van der Waals surface area contributed by atoms with Crippen LogP contribution in [0, 0.1) is 11.8 Å². The van der Waals surface area contributed by atoms with E-state index in [9.17, 15) is 23.1 Å². The van der Waals surface area contributed by atoms with Crippen molar-refractivity contribution in [3.05, 3.63) is 24.3 Å². The van der Waals surface area contributed by atoms with E-state index in [0.717, 1.165) is 4.31 Å². The number of alkyl carbamates (subject to hydrolysis) is 1. The molecule has 0 saturated carbocycles. The molecule has 0 aromatic heterocycles. The van der Waals surface area contributed by atoms with Crippen molar-refractivity contribution in [2.24, 2.45) is 0 Å². The van der Waals surface area contributed by atoms with Gasteiger partial charge in [-0.1, -0.05) is 11.8 Å². The van der Waals surface area contributed by atoms with E-state index in [2.05, 4.69) is 17.2 Å². The van der Waals surface area contributed by atoms with Gasteiger partial charge in [-0.05, 0) is 65.8 Å². The first-order chi connectivity index (χ1) is 16.1. The molecule has 1 aromatic carbocycles. The van der Waals surface area contributed by atoms with E-state index in [1.807, 2.05) is 0 Å². The molecule has 35 heavy (non-hydrogen) atoms. The van der Waals surface area contributed by atoms with Gasteiger partial charge in [0.2, 0.25) is 10.0 Å². The monoisotopic (exact) mass is 526 g/mol. The summed E-state index contributed by atoms with van der Waals surface area (Å²) in [7, 11) is -4.05. The number of hydrogen-bond acceptors (Lipinski definition) is 7. The summed E-state index contributed by atoms with van der Waals surface area (Å²) in [5, 5.41) is 12.5. The third-order valence-electron chi connectivity index (χ3n) is 5.61. The van der Waals surface area contributed by atoms with Crippen LogP contribution in [-0.2, 0) is 19.6 Å². The zero-order valence-corrected chi connectivity index (χ0v) is 22.6. The number of carbonyl (C=O) groups is 2. The number of benzene rings is 1. The second-order valence-corrected chi connectivity index (χ2v) is 13.2. The summed E-state index contributed by atoms with van der Waals surface area (Å²) >= 11 is 1.45. The maximum atomic E-state index is 13.3. The average Bonchev–Trinajstić information content (AvgIpc) is 2.73. The van der Waals surface area contributed by atoms with Crippen LogP contribution in [0.4, 0.5) is 4.79 Å². The number of carboxylic acid groups (broad SMARTS) is 1. The first-order valence-corrected chi connectivity index (χ1v) is 13.6. The van der Waals surface area contributed by atoms with Crippen LogP contribution in [-0.4, -0.2) is 71.2 Å². The molecule has 11 heteroatoms. The second-order valence-electron chi connectivity index (χ2n) is 9.61. The van der Waals surface area contributed by atoms with Gasteiger partial charge >= 0.3 is 12.1 Å². The number of aliphatic carboxylic acids is 1. The molecule has 194 valence electrons. The fourth-order valence-electron chi connectivity index (χ4n) is 3.41. The van der Waals surface area contributed by atoms with Gasteiger partial charge in [0.05, 0.1) is 4.90 Å². The molecule has 1 amide bonds. The Balaban J connectivity index is 1.96. The minimum atomic E-state index is -4.05. The van der Waals surface area contributed by atoms with Crippen molar-refractivity contribution in [3.8, 4) is 17.6 Å². The Bertz CT molecular complexity index is 1080. The predicted octanol–water partition coefficient (Wildman–Crippen LogP) is 3.34. The van der Waals surface area contributed by atoms with E-state index < -0.39 is 38.0 Å². The molecule has 0 radical (unpaired) electrons. The molecule has 1 unspecified atom stereocenters. The summed E-state index contributed by atoms with van der Waals surface area (Å²) < 4.78 is 37.6. The van der Waals surface area contributed by atoms with Gasteiger partial charge in [0.15, 0.2) is 0 Å². The van der Waals surface area contributed by atoms with Crippen LogP contribution in [0.3, 0.4) is 0 Å². The number of nitrogens with one attached hydrogen (secondary N) is 1. The summed E-state index contributed by atoms with van der Waals surface area (Å²) in [5.41, 5.74) is -2.16. The van der Waals surface area contributed by atoms with Crippen molar-refractivity contribution in [1.82, 2.24) is 9.62 Å². The third-order valence-corrected chi connectivity index (χ3v) is 9.11. The summed E-state index contributed by atoms with van der Waals surface area (Å²) in [5.74, 6) is 5.45. The zero-order valence-electron chi connectivity index (χ0n) is 21.0. The van der Waals surface area contributed by atoms with Gasteiger partial charge in [-0.15, -0.1) is 0 Å². The Kier molecular flexibility index (Phi) is 9.14. The van der Waals surface area contributed by atoms with Gasteiger partial charge in [-0.3, -0.25) is 4.79 Å². The Hall–Kier alpha value is -2.42. The lowest BCUT2D eigenvalue weighted by Crippen LogP contribution is -2.67. The molecule has 9 nitrogen and oxygen atoms in total. The molecule has 1 aliphatic heterocycles. The number of hydrogen-bond donors (Lipinski definition) is 2. The van der Waals surface area contributed by atoms with Gasteiger partial charge in [0.25, 0.3) is 0 Å². The van der Waals surface area contributed by atoms with E-state index in [1.54, 1.807) is 34.6 Å². The highest BCUT2D eigenvalue weighted by Crippen LogP contribution is 2.45. The highest BCUT2D eigenvalue weighted by atomic mass is 32.2. The highest BCUT2D eigenvalue weighted by Gasteiger charge is 2.58. The standard InChI is InChI=1S/C24H34N2O7S2/c1-22(2,3)33-21(29)25-14-8-7-9-16-32-18-10-12-19(13-11-18)35(30,31)26-15-17-34-23(4,5)24(26,6)20(27)28/h10-13H,8,14-17H2,1-6H3,(H,25,29)(H,27,28). The van der Waals surface area contributed by atoms with Crippen LogP contribution in [0.1, 0.15) is 48.0 Å². The number of amides is 1. The quantitative estimate of drug-likeness (QED) is 0.410. The van der Waals surface area contributed by atoms with Gasteiger partial charge in [0, 0.05) is 30.0 Å². The zero-order chi connectivity index (χ0) is 26.5. The van der Waals surface area contributed by atoms with Gasteiger partial charge < -0.3 is 19.9 Å². The molecule has 0 bridgehead atoms. The lowest BCUT2D eigenvalue weighted by Gasteiger charge is -2.50. The Labute approximate surface area is 212 Å². The Morgan fingerprint density at radius 3 is 2.37 bits per heavy atom. The fourth-order valence-corrected chi connectivity index (χ4v) is 6.70. The van der Waals surface area contributed by atoms with E-state index in [4.69, 9.17) is 9.47 Å². The first-order valence-electron chi connectivity index (χ1n) is 11.2. The third kappa shape index (κ3) is 7.06. The molecule has 1 heterocycles. The van der Waals surface area contributed by atoms with Crippen LogP contribution in [0.15, 0.2) is 29.2 Å². The molecular weight excluding hydrogens is 492 g/mol. The van der Waals surface area contributed by atoms with Crippen molar-refractivity contribution in [3.63, 3.8) is 0 Å². The van der Waals surface area contributed by atoms with Gasteiger partial charge in [-0.25, -0.2) is 13.2 Å². The number of rotatable bonds is 7. The molecule has 1 aliphatic rings. The van der Waals surface area contributed by atoms with Crippen molar-refractivity contribution in [2.45, 2.75) is 68.7 Å². The lowest BCUT2D eigenvalue weighted by atomic mass is 9.87. The number of carboxylic acids is 1. The topological polar surface area (TPSA) is 122 Å².